The van der Waals surface area contributed by atoms with E-state index >= 15 is 0 Å². The van der Waals surface area contributed by atoms with Crippen molar-refractivity contribution in [1.29, 1.82) is 0 Å². The second-order valence-corrected chi connectivity index (χ2v) is 5.59. The monoisotopic (exact) mass is 285 g/mol. The maximum Gasteiger partial charge on any atom is 0.123 e. The molecule has 0 saturated heterocycles. The third-order valence-electron chi connectivity index (χ3n) is 3.84. The van der Waals surface area contributed by atoms with E-state index < -0.39 is 0 Å². The van der Waals surface area contributed by atoms with Crippen molar-refractivity contribution < 1.29 is 4.39 Å². The second kappa shape index (κ2) is 7.94. The zero-order chi connectivity index (χ0) is 15.1. The molecule has 0 radical (unpaired) electrons. The minimum Gasteiger partial charge on any atom is -0.316 e. The first-order valence-corrected chi connectivity index (χ1v) is 7.71. The Labute approximate surface area is 127 Å². The molecule has 0 fully saturated rings. The predicted molar refractivity (Wildman–Crippen MR) is 87.2 cm³/mol. The first-order valence-electron chi connectivity index (χ1n) is 7.71. The molecule has 0 aromatic heterocycles. The quantitative estimate of drug-likeness (QED) is 0.741. The number of nitrogens with one attached hydrogen (secondary N) is 1. The fourth-order valence-corrected chi connectivity index (χ4v) is 2.70. The molecule has 0 bridgehead atoms. The lowest BCUT2D eigenvalue weighted by molar-refractivity contribution is 0.573. The maximum atomic E-state index is 13.0. The zero-order valence-electron chi connectivity index (χ0n) is 12.9. The van der Waals surface area contributed by atoms with Crippen molar-refractivity contribution in [2.24, 2.45) is 0 Å². The van der Waals surface area contributed by atoms with Crippen LogP contribution in [0, 0.1) is 12.7 Å². The number of hydrogen-bond donors (Lipinski definition) is 1. The van der Waals surface area contributed by atoms with Crippen LogP contribution in [0.5, 0.6) is 0 Å². The molecule has 1 atom stereocenters. The van der Waals surface area contributed by atoms with Gasteiger partial charge < -0.3 is 5.32 Å². The summed E-state index contributed by atoms with van der Waals surface area (Å²) in [5.74, 6) is 0.249. The SMILES string of the molecule is CCCNCC(Cc1ccc(F)cc1)c1ccccc1C. The van der Waals surface area contributed by atoms with Crippen LogP contribution < -0.4 is 5.32 Å². The van der Waals surface area contributed by atoms with E-state index in [4.69, 9.17) is 0 Å². The van der Waals surface area contributed by atoms with Gasteiger partial charge in [-0.05, 0) is 55.1 Å². The molecule has 0 amide bonds. The Morgan fingerprint density at radius 2 is 1.76 bits per heavy atom. The molecule has 21 heavy (non-hydrogen) atoms. The molecular formula is C19H24FN. The van der Waals surface area contributed by atoms with Crippen molar-refractivity contribution >= 4 is 0 Å². The Bertz CT molecular complexity index is 548. The van der Waals surface area contributed by atoms with Gasteiger partial charge in [0.15, 0.2) is 0 Å². The van der Waals surface area contributed by atoms with Crippen LogP contribution in [0.4, 0.5) is 4.39 Å². The minimum absolute atomic E-state index is 0.171. The lowest BCUT2D eigenvalue weighted by Gasteiger charge is -2.20. The molecule has 0 aliphatic rings. The van der Waals surface area contributed by atoms with Crippen molar-refractivity contribution in [1.82, 2.24) is 5.32 Å². The van der Waals surface area contributed by atoms with Crippen molar-refractivity contribution in [3.05, 3.63) is 71.0 Å². The normalized spacial score (nSPS) is 12.3. The van der Waals surface area contributed by atoms with Crippen LogP contribution in [0.2, 0.25) is 0 Å². The molecule has 0 aliphatic heterocycles. The van der Waals surface area contributed by atoms with E-state index in [0.29, 0.717) is 5.92 Å². The molecule has 1 unspecified atom stereocenters. The Kier molecular flexibility index (Phi) is 5.94. The Morgan fingerprint density at radius 1 is 1.05 bits per heavy atom. The van der Waals surface area contributed by atoms with Gasteiger partial charge in [0, 0.05) is 12.5 Å². The number of rotatable bonds is 7. The van der Waals surface area contributed by atoms with Crippen LogP contribution in [0.1, 0.15) is 36.0 Å². The average Bonchev–Trinajstić information content (AvgIpc) is 2.49. The molecule has 0 heterocycles. The molecule has 1 nitrogen and oxygen atoms in total. The summed E-state index contributed by atoms with van der Waals surface area (Å²) < 4.78 is 13.0. The van der Waals surface area contributed by atoms with Gasteiger partial charge in [-0.2, -0.15) is 0 Å². The highest BCUT2D eigenvalue weighted by molar-refractivity contribution is 5.31. The van der Waals surface area contributed by atoms with E-state index in [2.05, 4.69) is 43.4 Å². The third-order valence-corrected chi connectivity index (χ3v) is 3.84. The van der Waals surface area contributed by atoms with E-state index in [1.165, 1.54) is 16.7 Å². The van der Waals surface area contributed by atoms with Crippen molar-refractivity contribution in [3.8, 4) is 0 Å². The summed E-state index contributed by atoms with van der Waals surface area (Å²) in [6.07, 6.45) is 2.07. The summed E-state index contributed by atoms with van der Waals surface area (Å²) in [5, 5.41) is 3.52. The van der Waals surface area contributed by atoms with E-state index in [9.17, 15) is 4.39 Å². The molecule has 0 saturated carbocycles. The average molecular weight is 285 g/mol. The molecule has 2 rings (SSSR count). The van der Waals surface area contributed by atoms with Gasteiger partial charge in [-0.25, -0.2) is 4.39 Å². The highest BCUT2D eigenvalue weighted by Crippen LogP contribution is 2.23. The Balaban J connectivity index is 2.15. The molecule has 2 aromatic rings. The van der Waals surface area contributed by atoms with Crippen molar-refractivity contribution in [2.75, 3.05) is 13.1 Å². The van der Waals surface area contributed by atoms with Crippen molar-refractivity contribution in [3.63, 3.8) is 0 Å². The summed E-state index contributed by atoms with van der Waals surface area (Å²) in [6.45, 7) is 6.32. The van der Waals surface area contributed by atoms with Crippen LogP contribution in [-0.2, 0) is 6.42 Å². The summed E-state index contributed by atoms with van der Waals surface area (Å²) in [4.78, 5) is 0. The van der Waals surface area contributed by atoms with Gasteiger partial charge in [0.05, 0.1) is 0 Å². The van der Waals surface area contributed by atoms with Gasteiger partial charge in [-0.15, -0.1) is 0 Å². The lowest BCUT2D eigenvalue weighted by Crippen LogP contribution is -2.24. The van der Waals surface area contributed by atoms with Crippen LogP contribution in [0.25, 0.3) is 0 Å². The molecule has 2 aromatic carbocycles. The first-order chi connectivity index (χ1) is 10.2. The molecule has 1 N–H and O–H groups in total. The zero-order valence-corrected chi connectivity index (χ0v) is 12.9. The number of hydrogen-bond acceptors (Lipinski definition) is 1. The summed E-state index contributed by atoms with van der Waals surface area (Å²) in [6, 6.07) is 15.4. The largest absolute Gasteiger partial charge is 0.316 e. The van der Waals surface area contributed by atoms with Crippen LogP contribution in [0.15, 0.2) is 48.5 Å². The first kappa shape index (κ1) is 15.7. The van der Waals surface area contributed by atoms with Gasteiger partial charge in [-0.3, -0.25) is 0 Å². The lowest BCUT2D eigenvalue weighted by atomic mass is 9.89. The molecule has 112 valence electrons. The molecular weight excluding hydrogens is 261 g/mol. The topological polar surface area (TPSA) is 12.0 Å². The molecule has 0 spiro atoms. The smallest absolute Gasteiger partial charge is 0.123 e. The van der Waals surface area contributed by atoms with Gasteiger partial charge in [0.25, 0.3) is 0 Å². The highest BCUT2D eigenvalue weighted by Gasteiger charge is 2.14. The number of benzene rings is 2. The maximum absolute atomic E-state index is 13.0. The van der Waals surface area contributed by atoms with Gasteiger partial charge >= 0.3 is 0 Å². The highest BCUT2D eigenvalue weighted by atomic mass is 19.1. The van der Waals surface area contributed by atoms with E-state index in [0.717, 1.165) is 25.9 Å². The van der Waals surface area contributed by atoms with Crippen molar-refractivity contribution in [2.45, 2.75) is 32.6 Å². The molecule has 2 heteroatoms. The predicted octanol–water partition coefficient (Wildman–Crippen LogP) is 4.46. The van der Waals surface area contributed by atoms with Gasteiger partial charge in [-0.1, -0.05) is 43.3 Å². The number of aryl methyl sites for hydroxylation is 1. The van der Waals surface area contributed by atoms with E-state index in [-0.39, 0.29) is 5.82 Å². The van der Waals surface area contributed by atoms with E-state index in [1.807, 2.05) is 12.1 Å². The fraction of sp³-hybridized carbons (Fsp3) is 0.368. The summed E-state index contributed by atoms with van der Waals surface area (Å²) in [7, 11) is 0. The fourth-order valence-electron chi connectivity index (χ4n) is 2.70. The minimum atomic E-state index is -0.171. The standard InChI is InChI=1S/C19H24FN/c1-3-12-21-14-17(19-7-5-4-6-15(19)2)13-16-8-10-18(20)11-9-16/h4-11,17,21H,3,12-14H2,1-2H3. The van der Waals surface area contributed by atoms with Crippen LogP contribution in [-0.4, -0.2) is 13.1 Å². The van der Waals surface area contributed by atoms with E-state index in [1.54, 1.807) is 12.1 Å². The van der Waals surface area contributed by atoms with Crippen LogP contribution >= 0.6 is 0 Å². The summed E-state index contributed by atoms with van der Waals surface area (Å²) in [5.41, 5.74) is 3.89. The summed E-state index contributed by atoms with van der Waals surface area (Å²) >= 11 is 0. The third kappa shape index (κ3) is 4.68. The molecule has 0 aliphatic carbocycles. The van der Waals surface area contributed by atoms with Crippen LogP contribution in [0.3, 0.4) is 0 Å². The second-order valence-electron chi connectivity index (χ2n) is 5.59. The van der Waals surface area contributed by atoms with Gasteiger partial charge in [0.1, 0.15) is 5.82 Å². The Hall–Kier alpha value is -1.67. The number of halogens is 1. The Morgan fingerprint density at radius 3 is 2.43 bits per heavy atom. The van der Waals surface area contributed by atoms with Gasteiger partial charge in [0.2, 0.25) is 0 Å².